The van der Waals surface area contributed by atoms with Crippen molar-refractivity contribution in [2.75, 3.05) is 12.0 Å². The fourth-order valence-electron chi connectivity index (χ4n) is 3.94. The molecular formula is C25H18Cl2FNO4. The zero-order chi connectivity index (χ0) is 23.9. The van der Waals surface area contributed by atoms with Gasteiger partial charge in [-0.2, -0.15) is 0 Å². The van der Waals surface area contributed by atoms with Crippen LogP contribution >= 0.6 is 23.2 Å². The fraction of sp³-hybridized carbons (Fsp3) is 0.120. The second-order valence-electron chi connectivity index (χ2n) is 7.53. The molecule has 1 fully saturated rings. The number of aryl methyl sites for hydroxylation is 1. The maximum Gasteiger partial charge on any atom is 0.300 e. The van der Waals surface area contributed by atoms with Gasteiger partial charge in [0.05, 0.1) is 29.3 Å². The van der Waals surface area contributed by atoms with E-state index < -0.39 is 29.3 Å². The topological polar surface area (TPSA) is 66.8 Å². The van der Waals surface area contributed by atoms with Crippen LogP contribution in [0.1, 0.15) is 22.7 Å². The van der Waals surface area contributed by atoms with Gasteiger partial charge in [0.2, 0.25) is 0 Å². The van der Waals surface area contributed by atoms with E-state index in [9.17, 15) is 19.1 Å². The number of Topliss-reactive ketones (excluding diaryl/α,β-unsaturated/α-hetero) is 1. The number of benzene rings is 3. The van der Waals surface area contributed by atoms with E-state index in [0.29, 0.717) is 16.1 Å². The summed E-state index contributed by atoms with van der Waals surface area (Å²) in [5.41, 5.74) is 1.38. The first-order valence-electron chi connectivity index (χ1n) is 9.89. The Kier molecular flexibility index (Phi) is 6.15. The molecule has 1 amide bonds. The van der Waals surface area contributed by atoms with Crippen molar-refractivity contribution in [2.24, 2.45) is 0 Å². The average Bonchev–Trinajstić information content (AvgIpc) is 3.04. The predicted octanol–water partition coefficient (Wildman–Crippen LogP) is 6.08. The van der Waals surface area contributed by atoms with Crippen molar-refractivity contribution in [2.45, 2.75) is 13.0 Å². The number of hydrogen-bond donors (Lipinski definition) is 1. The molecule has 4 rings (SSSR count). The highest BCUT2D eigenvalue weighted by molar-refractivity contribution is 6.51. The summed E-state index contributed by atoms with van der Waals surface area (Å²) in [4.78, 5) is 27.5. The molecular weight excluding hydrogens is 468 g/mol. The Balaban J connectivity index is 2.01. The number of halogens is 3. The first kappa shape index (κ1) is 22.8. The maximum atomic E-state index is 14.0. The second kappa shape index (κ2) is 8.89. The number of ether oxygens (including phenoxy) is 1. The van der Waals surface area contributed by atoms with Crippen molar-refractivity contribution in [1.82, 2.24) is 0 Å². The maximum absolute atomic E-state index is 14.0. The number of methoxy groups -OCH3 is 1. The number of anilines is 1. The summed E-state index contributed by atoms with van der Waals surface area (Å²) >= 11 is 12.3. The number of rotatable bonds is 4. The Labute approximate surface area is 199 Å². The summed E-state index contributed by atoms with van der Waals surface area (Å²) in [7, 11) is 1.38. The van der Waals surface area contributed by atoms with Gasteiger partial charge in [-0.1, -0.05) is 41.4 Å². The van der Waals surface area contributed by atoms with Gasteiger partial charge < -0.3 is 9.84 Å². The lowest BCUT2D eigenvalue weighted by atomic mass is 9.94. The van der Waals surface area contributed by atoms with E-state index in [0.717, 1.165) is 11.0 Å². The summed E-state index contributed by atoms with van der Waals surface area (Å²) in [6.07, 6.45) is 0. The van der Waals surface area contributed by atoms with E-state index in [4.69, 9.17) is 27.9 Å². The Morgan fingerprint density at radius 2 is 1.76 bits per heavy atom. The van der Waals surface area contributed by atoms with Gasteiger partial charge in [-0.3, -0.25) is 14.5 Å². The monoisotopic (exact) mass is 485 g/mol. The summed E-state index contributed by atoms with van der Waals surface area (Å²) in [6, 6.07) is 14.0. The molecule has 0 bridgehead atoms. The van der Waals surface area contributed by atoms with E-state index >= 15 is 0 Å². The van der Waals surface area contributed by atoms with Gasteiger partial charge in [-0.15, -0.1) is 0 Å². The first-order chi connectivity index (χ1) is 15.7. The molecule has 33 heavy (non-hydrogen) atoms. The minimum absolute atomic E-state index is 0.159. The third kappa shape index (κ3) is 4.08. The van der Waals surface area contributed by atoms with Gasteiger partial charge in [0.15, 0.2) is 0 Å². The Bertz CT molecular complexity index is 1300. The third-order valence-electron chi connectivity index (χ3n) is 5.36. The lowest BCUT2D eigenvalue weighted by Crippen LogP contribution is -2.29. The molecule has 1 saturated heterocycles. The molecule has 1 unspecified atom stereocenters. The van der Waals surface area contributed by atoms with Crippen LogP contribution in [-0.2, 0) is 9.59 Å². The molecule has 5 nitrogen and oxygen atoms in total. The first-order valence-corrected chi connectivity index (χ1v) is 10.6. The van der Waals surface area contributed by atoms with E-state index in [1.807, 2.05) is 0 Å². The predicted molar refractivity (Wildman–Crippen MR) is 125 cm³/mol. The largest absolute Gasteiger partial charge is 0.507 e. The number of amides is 1. The van der Waals surface area contributed by atoms with Crippen LogP contribution in [0.5, 0.6) is 5.75 Å². The zero-order valence-corrected chi connectivity index (χ0v) is 19.1. The van der Waals surface area contributed by atoms with Gasteiger partial charge in [0.25, 0.3) is 11.7 Å². The smallest absolute Gasteiger partial charge is 0.300 e. The molecule has 0 saturated carbocycles. The second-order valence-corrected chi connectivity index (χ2v) is 8.37. The quantitative estimate of drug-likeness (QED) is 0.276. The summed E-state index contributed by atoms with van der Waals surface area (Å²) in [5.74, 6) is -2.69. The molecule has 3 aromatic carbocycles. The van der Waals surface area contributed by atoms with Gasteiger partial charge >= 0.3 is 0 Å². The van der Waals surface area contributed by atoms with Crippen LogP contribution in [-0.4, -0.2) is 23.9 Å². The number of ketones is 1. The van der Waals surface area contributed by atoms with Crippen LogP contribution in [0.4, 0.5) is 10.1 Å². The van der Waals surface area contributed by atoms with Gasteiger partial charge in [-0.05, 0) is 60.5 Å². The van der Waals surface area contributed by atoms with Crippen LogP contribution in [0.25, 0.3) is 5.76 Å². The third-order valence-corrected chi connectivity index (χ3v) is 5.90. The average molecular weight is 486 g/mol. The molecule has 1 atom stereocenters. The SMILES string of the molecule is COc1c(Cl)cc(C)cc1/C(O)=C1\C(=O)C(=O)N(c2cccc(F)c2)C1c1ccc(Cl)cc1. The highest BCUT2D eigenvalue weighted by Crippen LogP contribution is 2.44. The number of aliphatic hydroxyl groups excluding tert-OH is 1. The Morgan fingerprint density at radius 3 is 2.39 bits per heavy atom. The van der Waals surface area contributed by atoms with E-state index in [2.05, 4.69) is 0 Å². The highest BCUT2D eigenvalue weighted by atomic mass is 35.5. The molecule has 0 spiro atoms. The molecule has 1 heterocycles. The van der Waals surface area contributed by atoms with Gasteiger partial charge in [0.1, 0.15) is 17.3 Å². The number of carbonyl (C=O) groups is 2. The molecule has 0 radical (unpaired) electrons. The Morgan fingerprint density at radius 1 is 1.06 bits per heavy atom. The van der Waals surface area contributed by atoms with Crippen molar-refractivity contribution >= 4 is 46.3 Å². The molecule has 168 valence electrons. The van der Waals surface area contributed by atoms with Crippen molar-refractivity contribution in [3.8, 4) is 5.75 Å². The number of carbonyl (C=O) groups excluding carboxylic acids is 2. The molecule has 0 aliphatic carbocycles. The van der Waals surface area contributed by atoms with E-state index in [1.165, 1.54) is 25.3 Å². The minimum Gasteiger partial charge on any atom is -0.507 e. The van der Waals surface area contributed by atoms with Crippen molar-refractivity contribution in [3.63, 3.8) is 0 Å². The van der Waals surface area contributed by atoms with Crippen molar-refractivity contribution in [1.29, 1.82) is 0 Å². The van der Waals surface area contributed by atoms with E-state index in [-0.39, 0.29) is 27.6 Å². The molecule has 3 aromatic rings. The normalized spacial score (nSPS) is 17.5. The minimum atomic E-state index is -1.03. The van der Waals surface area contributed by atoms with Crippen molar-refractivity contribution < 1.29 is 23.8 Å². The van der Waals surface area contributed by atoms with Crippen LogP contribution in [0.15, 0.2) is 66.2 Å². The van der Waals surface area contributed by atoms with Crippen LogP contribution in [0, 0.1) is 12.7 Å². The lowest BCUT2D eigenvalue weighted by molar-refractivity contribution is -0.132. The van der Waals surface area contributed by atoms with Gasteiger partial charge in [0, 0.05) is 10.7 Å². The number of aliphatic hydroxyl groups is 1. The molecule has 8 heteroatoms. The van der Waals surface area contributed by atoms with Crippen molar-refractivity contribution in [3.05, 3.63) is 98.8 Å². The van der Waals surface area contributed by atoms with Crippen LogP contribution in [0.3, 0.4) is 0 Å². The standard InChI is InChI=1S/C25H18Cl2FNO4/c1-13-10-18(24(33-2)19(27)11-13)22(30)20-21(14-6-8-15(26)9-7-14)29(25(32)23(20)31)17-5-3-4-16(28)12-17/h3-12,21,30H,1-2H3/b22-20+. The van der Waals surface area contributed by atoms with Gasteiger partial charge in [-0.25, -0.2) is 4.39 Å². The number of hydrogen-bond acceptors (Lipinski definition) is 4. The molecule has 1 aliphatic heterocycles. The summed E-state index contributed by atoms with van der Waals surface area (Å²) in [5, 5.41) is 12.0. The summed E-state index contributed by atoms with van der Waals surface area (Å²) < 4.78 is 19.4. The Hall–Kier alpha value is -3.35. The molecule has 1 aliphatic rings. The van der Waals surface area contributed by atoms with Crippen LogP contribution < -0.4 is 9.64 Å². The fourth-order valence-corrected chi connectivity index (χ4v) is 4.42. The van der Waals surface area contributed by atoms with E-state index in [1.54, 1.807) is 43.3 Å². The lowest BCUT2D eigenvalue weighted by Gasteiger charge is -2.25. The van der Waals surface area contributed by atoms with Crippen LogP contribution in [0.2, 0.25) is 10.0 Å². The summed E-state index contributed by atoms with van der Waals surface area (Å²) in [6.45, 7) is 1.77. The highest BCUT2D eigenvalue weighted by Gasteiger charge is 2.47. The zero-order valence-electron chi connectivity index (χ0n) is 17.6. The number of nitrogens with zero attached hydrogens (tertiary/aromatic N) is 1. The molecule has 1 N–H and O–H groups in total. The molecule has 0 aromatic heterocycles.